The number of rotatable bonds is 10. The molecular formula is C84H72BrClN6O8. The van der Waals surface area contributed by atoms with Crippen LogP contribution in [0.3, 0.4) is 0 Å². The van der Waals surface area contributed by atoms with Gasteiger partial charge in [0.15, 0.2) is 0 Å². The second kappa shape index (κ2) is 33.8. The monoisotopic (exact) mass is 1410 g/mol. The van der Waals surface area contributed by atoms with E-state index >= 15 is 0 Å². The number of nitrogens with zero attached hydrogens (tertiary/aromatic N) is 5. The normalized spacial score (nSPS) is 11.9. The minimum atomic E-state index is -0.504. The Balaban J connectivity index is 0.000000137. The van der Waals surface area contributed by atoms with Crippen LogP contribution in [0.5, 0.6) is 0 Å². The van der Waals surface area contributed by atoms with Crippen molar-refractivity contribution in [2.45, 2.75) is 44.6 Å². The van der Waals surface area contributed by atoms with Crippen molar-refractivity contribution in [1.82, 2.24) is 19.9 Å². The summed E-state index contributed by atoms with van der Waals surface area (Å²) >= 11 is 3.20. The Morgan fingerprint density at radius 2 is 0.690 bits per heavy atom. The van der Waals surface area contributed by atoms with Crippen molar-refractivity contribution in [3.63, 3.8) is 0 Å². The second-order valence-electron chi connectivity index (χ2n) is 23.0. The molecule has 16 heteroatoms. The van der Waals surface area contributed by atoms with Crippen LogP contribution >= 0.6 is 28.3 Å². The number of ether oxygens (including phenoxy) is 3. The zero-order valence-corrected chi connectivity index (χ0v) is 58.1. The fourth-order valence-electron chi connectivity index (χ4n) is 12.7. The van der Waals surface area contributed by atoms with Crippen molar-refractivity contribution in [2.75, 3.05) is 27.9 Å². The molecule has 4 heterocycles. The lowest BCUT2D eigenvalue weighted by Gasteiger charge is -2.13. The number of esters is 3. The lowest BCUT2D eigenvalue weighted by molar-refractivity contribution is 0.0585. The predicted octanol–water partition coefficient (Wildman–Crippen LogP) is 17.6. The Kier molecular flexibility index (Phi) is 24.2. The molecule has 0 saturated heterocycles. The molecule has 8 aromatic carbocycles. The van der Waals surface area contributed by atoms with Crippen LogP contribution in [0.25, 0.3) is 44.5 Å². The number of Topliss-reactive ketones (excluding diaryl/α,β-unsaturated/α-hetero) is 1. The van der Waals surface area contributed by atoms with Crippen LogP contribution in [-0.4, -0.2) is 82.4 Å². The van der Waals surface area contributed by atoms with E-state index in [1.54, 1.807) is 61.2 Å². The van der Waals surface area contributed by atoms with E-state index in [-0.39, 0.29) is 29.9 Å². The summed E-state index contributed by atoms with van der Waals surface area (Å²) in [5.74, 6) is -0.999. The SMILES string of the molecule is CC.COC(=O)c1ccc(Br)cn1.COC(=O)c1ccc(CC2c3ccccc3-c3ccccc32)cn1.COC(=O)c1ccc(N=C2c3ccccc3-c3ccccc32)cn1.Cl.NC1c2ccccc2-c2ccccc21.O=C(CO)c1ccc(CC2c3ccccc3-c3ccccc32)cn1. The molecule has 12 aromatic rings. The van der Waals surface area contributed by atoms with E-state index in [9.17, 15) is 19.2 Å². The Hall–Kier alpha value is -11.2. The van der Waals surface area contributed by atoms with Crippen molar-refractivity contribution in [3.8, 4) is 44.5 Å². The first kappa shape index (κ1) is 71.6. The molecule has 4 aromatic heterocycles. The number of hydrogen-bond acceptors (Lipinski definition) is 14. The highest BCUT2D eigenvalue weighted by Gasteiger charge is 2.31. The predicted molar refractivity (Wildman–Crippen MR) is 399 cm³/mol. The Morgan fingerprint density at radius 1 is 0.390 bits per heavy atom. The van der Waals surface area contributed by atoms with E-state index in [4.69, 9.17) is 20.6 Å². The maximum atomic E-state index is 11.5. The van der Waals surface area contributed by atoms with Crippen molar-refractivity contribution in [3.05, 3.63) is 350 Å². The third kappa shape index (κ3) is 15.8. The average molecular weight is 1410 g/mol. The number of aromatic nitrogens is 4. The first-order valence-corrected chi connectivity index (χ1v) is 33.2. The third-order valence-corrected chi connectivity index (χ3v) is 17.8. The summed E-state index contributed by atoms with van der Waals surface area (Å²) in [6.45, 7) is 3.50. The van der Waals surface area contributed by atoms with Gasteiger partial charge in [0.05, 0.1) is 45.0 Å². The molecule has 4 aliphatic carbocycles. The maximum Gasteiger partial charge on any atom is 0.356 e. The molecule has 0 bridgehead atoms. The fourth-order valence-corrected chi connectivity index (χ4v) is 12.9. The molecule has 0 amide bonds. The van der Waals surface area contributed by atoms with E-state index in [0.29, 0.717) is 34.6 Å². The number of benzene rings is 8. The number of hydrogen-bond donors (Lipinski definition) is 2. The van der Waals surface area contributed by atoms with E-state index in [1.807, 2.05) is 62.4 Å². The number of carbonyl (C=O) groups is 4. The summed E-state index contributed by atoms with van der Waals surface area (Å²) in [7, 11) is 4.03. The van der Waals surface area contributed by atoms with Gasteiger partial charge in [0.1, 0.15) is 29.4 Å². The number of nitrogens with two attached hydrogens (primary N) is 1. The van der Waals surface area contributed by atoms with Crippen molar-refractivity contribution in [2.24, 2.45) is 10.7 Å². The molecule has 100 heavy (non-hydrogen) atoms. The molecule has 0 fully saturated rings. The molecule has 0 spiro atoms. The van der Waals surface area contributed by atoms with Crippen LogP contribution in [0, 0.1) is 0 Å². The van der Waals surface area contributed by atoms with E-state index in [2.05, 4.69) is 203 Å². The second-order valence-corrected chi connectivity index (χ2v) is 23.9. The summed E-state index contributed by atoms with van der Waals surface area (Å²) in [6.07, 6.45) is 8.36. The average Bonchev–Trinajstić information content (AvgIpc) is 1.64. The van der Waals surface area contributed by atoms with E-state index in [0.717, 1.165) is 45.3 Å². The van der Waals surface area contributed by atoms with Gasteiger partial charge in [0.2, 0.25) is 5.78 Å². The number of ketones is 1. The van der Waals surface area contributed by atoms with Crippen molar-refractivity contribution >= 4 is 63.4 Å². The first-order valence-electron chi connectivity index (χ1n) is 32.4. The summed E-state index contributed by atoms with van der Waals surface area (Å²) < 4.78 is 14.7. The molecule has 0 radical (unpaired) electrons. The Labute approximate surface area is 596 Å². The zero-order chi connectivity index (χ0) is 69.4. The highest BCUT2D eigenvalue weighted by atomic mass is 79.9. The molecule has 0 unspecified atom stereocenters. The molecule has 16 rings (SSSR count). The lowest BCUT2D eigenvalue weighted by Crippen LogP contribution is -2.08. The van der Waals surface area contributed by atoms with Gasteiger partial charge in [0.25, 0.3) is 0 Å². The number of halogens is 2. The highest BCUT2D eigenvalue weighted by Crippen LogP contribution is 2.48. The standard InChI is InChI=1S/2C21H17NO2.C20H14N2O2.C13H11N.C7H6BrNO2.C2H6.ClH/c1-24-21(23)20-11-10-14(13-22-20)12-19-17-8-4-2-6-15(17)16-7-3-5-9-18(16)19;23-13-21(24)20-10-9-14(12-22-20)11-19-17-7-3-1-5-15(17)16-6-2-4-8-18(16)19;1-24-20(23)18-11-10-13(12-21-18)22-19-16-8-4-2-6-14(16)15-7-3-5-9-17(15)19;14-13-11-7-3-1-5-9(11)10-6-2-4-8-12(10)13;1-11-7(10)6-3-2-5(8)4-9-6;1-2;/h2-11,13,19H,12H2,1H3;1-10,12,19,23H,11,13H2;2-12H,1H3;1-8,13H,14H2;2-4H,1H3;1-2H3;1H. The van der Waals surface area contributed by atoms with Gasteiger partial charge < -0.3 is 25.1 Å². The van der Waals surface area contributed by atoms with Crippen LogP contribution in [0.1, 0.15) is 129 Å². The van der Waals surface area contributed by atoms with Crippen LogP contribution in [0.4, 0.5) is 5.69 Å². The molecule has 0 atom stereocenters. The molecule has 14 nitrogen and oxygen atoms in total. The lowest BCUT2D eigenvalue weighted by atomic mass is 9.90. The molecule has 0 aliphatic heterocycles. The van der Waals surface area contributed by atoms with Crippen LogP contribution in [0.2, 0.25) is 0 Å². The number of fused-ring (bicyclic) bond motifs is 12. The van der Waals surface area contributed by atoms with Gasteiger partial charge in [0, 0.05) is 46.0 Å². The summed E-state index contributed by atoms with van der Waals surface area (Å²) in [6, 6.07) is 81.5. The zero-order valence-electron chi connectivity index (χ0n) is 55.7. The minimum Gasteiger partial charge on any atom is -0.464 e. The van der Waals surface area contributed by atoms with Crippen molar-refractivity contribution < 1.29 is 38.5 Å². The highest BCUT2D eigenvalue weighted by molar-refractivity contribution is 9.10. The van der Waals surface area contributed by atoms with Crippen LogP contribution in [-0.2, 0) is 27.1 Å². The topological polar surface area (TPSA) is 206 Å². The largest absolute Gasteiger partial charge is 0.464 e. The maximum absolute atomic E-state index is 11.5. The summed E-state index contributed by atoms with van der Waals surface area (Å²) in [5.41, 5.74) is 31.5. The van der Waals surface area contributed by atoms with Gasteiger partial charge >= 0.3 is 17.9 Å². The number of aliphatic hydroxyl groups excluding tert-OH is 1. The third-order valence-electron chi connectivity index (χ3n) is 17.3. The smallest absolute Gasteiger partial charge is 0.356 e. The van der Waals surface area contributed by atoms with Gasteiger partial charge in [-0.3, -0.25) is 9.78 Å². The number of aliphatic imine (C=N–C) groups is 1. The van der Waals surface area contributed by atoms with Gasteiger partial charge in [-0.25, -0.2) is 34.3 Å². The molecule has 3 N–H and O–H groups in total. The number of methoxy groups -OCH3 is 3. The van der Waals surface area contributed by atoms with Crippen LogP contribution in [0.15, 0.2) is 277 Å². The summed E-state index contributed by atoms with van der Waals surface area (Å²) in [5, 5.41) is 8.92. The van der Waals surface area contributed by atoms with Crippen molar-refractivity contribution in [1.29, 1.82) is 0 Å². The van der Waals surface area contributed by atoms with Gasteiger partial charge in [-0.1, -0.05) is 220 Å². The molecule has 0 saturated carbocycles. The van der Waals surface area contributed by atoms with Gasteiger partial charge in [-0.2, -0.15) is 0 Å². The minimum absolute atomic E-state index is 0. The van der Waals surface area contributed by atoms with E-state index in [1.165, 1.54) is 99.2 Å². The molecule has 500 valence electrons. The Bertz CT molecular complexity index is 4560. The quantitative estimate of drug-likeness (QED) is 0.0743. The Morgan fingerprint density at radius 3 is 1.01 bits per heavy atom. The number of pyridine rings is 4. The van der Waals surface area contributed by atoms with Gasteiger partial charge in [-0.05, 0) is 154 Å². The molecule has 4 aliphatic rings. The molecular weight excluding hydrogens is 1340 g/mol. The first-order chi connectivity index (χ1) is 48.4. The summed E-state index contributed by atoms with van der Waals surface area (Å²) in [4.78, 5) is 66.4. The number of carbonyl (C=O) groups excluding carboxylic acids is 4. The van der Waals surface area contributed by atoms with Crippen LogP contribution < -0.4 is 5.73 Å². The van der Waals surface area contributed by atoms with Gasteiger partial charge in [-0.15, -0.1) is 12.4 Å². The fraction of sp³-hybridized carbons (Fsp3) is 0.131. The van der Waals surface area contributed by atoms with E-state index < -0.39 is 24.5 Å². The number of aliphatic hydroxyl groups is 1.